The zero-order valence-electron chi connectivity index (χ0n) is 14.9. The van der Waals surface area contributed by atoms with Gasteiger partial charge in [-0.15, -0.1) is 0 Å². The molecular weight excluding hydrogens is 366 g/mol. The largest absolute Gasteiger partial charge is 0.490 e. The Balaban J connectivity index is 1.83. The van der Waals surface area contributed by atoms with Crippen molar-refractivity contribution in [2.24, 2.45) is 0 Å². The van der Waals surface area contributed by atoms with E-state index in [1.165, 1.54) is 0 Å². The van der Waals surface area contributed by atoms with Gasteiger partial charge in [-0.1, -0.05) is 42.5 Å². The van der Waals surface area contributed by atoms with Gasteiger partial charge in [0.1, 0.15) is 12.4 Å². The Hall–Kier alpha value is -2.97. The molecule has 0 spiro atoms. The van der Waals surface area contributed by atoms with E-state index in [1.54, 1.807) is 31.4 Å². The number of benzene rings is 2. The molecule has 27 heavy (non-hydrogen) atoms. The van der Waals surface area contributed by atoms with Crippen molar-refractivity contribution in [3.8, 4) is 5.75 Å². The number of amides is 2. The summed E-state index contributed by atoms with van der Waals surface area (Å²) in [5.41, 5.74) is 6.16. The van der Waals surface area contributed by atoms with Crippen LogP contribution in [0.15, 0.2) is 54.6 Å². The van der Waals surface area contributed by atoms with Gasteiger partial charge in [-0.3, -0.25) is 25.8 Å². The van der Waals surface area contributed by atoms with Gasteiger partial charge < -0.3 is 9.47 Å². The van der Waals surface area contributed by atoms with E-state index >= 15 is 0 Å². The molecule has 2 aromatic carbocycles. The van der Waals surface area contributed by atoms with Gasteiger partial charge in [0.2, 0.25) is 5.91 Å². The van der Waals surface area contributed by atoms with Crippen LogP contribution in [-0.4, -0.2) is 37.3 Å². The number of carbonyl (C=O) groups excluding carboxylic acids is 2. The van der Waals surface area contributed by atoms with Crippen LogP contribution in [0, 0.1) is 0 Å². The number of hydrogen-bond acceptors (Lipinski definition) is 5. The maximum Gasteiger partial charge on any atom is 0.261 e. The molecule has 0 fully saturated rings. The lowest BCUT2D eigenvalue weighted by Crippen LogP contribution is -2.48. The molecule has 0 saturated heterocycles. The third-order valence-corrected chi connectivity index (χ3v) is 3.63. The summed E-state index contributed by atoms with van der Waals surface area (Å²) >= 11 is 5.04. The van der Waals surface area contributed by atoms with Crippen molar-refractivity contribution >= 4 is 29.1 Å². The predicted molar refractivity (Wildman–Crippen MR) is 105 cm³/mol. The van der Waals surface area contributed by atoms with Crippen LogP contribution in [0.1, 0.15) is 15.9 Å². The van der Waals surface area contributed by atoms with Crippen LogP contribution in [0.4, 0.5) is 0 Å². The molecule has 0 aliphatic carbocycles. The van der Waals surface area contributed by atoms with Gasteiger partial charge in [-0.05, 0) is 29.9 Å². The van der Waals surface area contributed by atoms with Gasteiger partial charge in [-0.2, -0.15) is 0 Å². The van der Waals surface area contributed by atoms with Crippen LogP contribution in [0.2, 0.25) is 0 Å². The first-order valence-corrected chi connectivity index (χ1v) is 8.66. The molecule has 0 aliphatic rings. The molecule has 142 valence electrons. The quantitative estimate of drug-likeness (QED) is 0.380. The maximum atomic E-state index is 12.4. The monoisotopic (exact) mass is 387 g/mol. The summed E-state index contributed by atoms with van der Waals surface area (Å²) in [7, 11) is 1.57. The third kappa shape index (κ3) is 7.04. The minimum Gasteiger partial charge on any atom is -0.490 e. The molecule has 0 aliphatic heterocycles. The first kappa shape index (κ1) is 20.3. The molecule has 0 saturated carbocycles. The first-order chi connectivity index (χ1) is 13.1. The first-order valence-electron chi connectivity index (χ1n) is 8.25. The number of hydrazine groups is 1. The second-order valence-corrected chi connectivity index (χ2v) is 5.86. The van der Waals surface area contributed by atoms with Crippen molar-refractivity contribution in [1.82, 2.24) is 16.2 Å². The van der Waals surface area contributed by atoms with Crippen molar-refractivity contribution in [1.29, 1.82) is 0 Å². The average molecular weight is 387 g/mol. The molecule has 7 nitrogen and oxygen atoms in total. The van der Waals surface area contributed by atoms with Crippen molar-refractivity contribution in [3.05, 3.63) is 65.7 Å². The van der Waals surface area contributed by atoms with Crippen molar-refractivity contribution in [2.75, 3.05) is 20.3 Å². The van der Waals surface area contributed by atoms with Crippen molar-refractivity contribution in [2.45, 2.75) is 6.42 Å². The summed E-state index contributed by atoms with van der Waals surface area (Å²) in [6.45, 7) is 0.725. The third-order valence-electron chi connectivity index (χ3n) is 3.43. The minimum absolute atomic E-state index is 0.0203. The Morgan fingerprint density at radius 2 is 1.67 bits per heavy atom. The Labute approximate surface area is 163 Å². The summed E-state index contributed by atoms with van der Waals surface area (Å²) in [4.78, 5) is 24.3. The van der Waals surface area contributed by atoms with Crippen LogP contribution in [0.25, 0.3) is 0 Å². The van der Waals surface area contributed by atoms with Gasteiger partial charge in [0, 0.05) is 7.11 Å². The summed E-state index contributed by atoms with van der Waals surface area (Å²) in [6, 6.07) is 16.1. The fourth-order valence-corrected chi connectivity index (χ4v) is 2.31. The predicted octanol–water partition coefficient (Wildman–Crippen LogP) is 1.59. The molecule has 2 aromatic rings. The molecule has 0 bridgehead atoms. The van der Waals surface area contributed by atoms with E-state index in [0.29, 0.717) is 24.5 Å². The molecule has 2 amide bonds. The number of para-hydroxylation sites is 1. The fraction of sp³-hybridized carbons (Fsp3) is 0.211. The van der Waals surface area contributed by atoms with Crippen LogP contribution in [-0.2, 0) is 16.0 Å². The SMILES string of the molecule is COCCOc1ccccc1C(=O)NC(=S)NNC(=O)Cc1ccccc1. The zero-order chi connectivity index (χ0) is 19.5. The molecule has 8 heteroatoms. The molecular formula is C19H21N3O4S. The van der Waals surface area contributed by atoms with Gasteiger partial charge in [0.15, 0.2) is 5.11 Å². The molecule has 3 N–H and O–H groups in total. The number of rotatable bonds is 7. The molecule has 0 atom stereocenters. The zero-order valence-corrected chi connectivity index (χ0v) is 15.7. The van der Waals surface area contributed by atoms with E-state index < -0.39 is 5.91 Å². The molecule has 2 rings (SSSR count). The van der Waals surface area contributed by atoms with Crippen LogP contribution >= 0.6 is 12.2 Å². The van der Waals surface area contributed by atoms with Crippen LogP contribution < -0.4 is 20.9 Å². The average Bonchev–Trinajstić information content (AvgIpc) is 2.68. The number of carbonyl (C=O) groups is 2. The van der Waals surface area contributed by atoms with E-state index in [9.17, 15) is 9.59 Å². The Morgan fingerprint density at radius 3 is 2.41 bits per heavy atom. The highest BCUT2D eigenvalue weighted by molar-refractivity contribution is 7.80. The van der Waals surface area contributed by atoms with E-state index in [0.717, 1.165) is 5.56 Å². The number of ether oxygens (including phenoxy) is 2. The summed E-state index contributed by atoms with van der Waals surface area (Å²) in [6.07, 6.45) is 0.195. The summed E-state index contributed by atoms with van der Waals surface area (Å²) < 4.78 is 10.5. The Bertz CT molecular complexity index is 784. The molecule has 0 heterocycles. The van der Waals surface area contributed by atoms with Crippen LogP contribution in [0.5, 0.6) is 5.75 Å². The number of hydrogen-bond donors (Lipinski definition) is 3. The maximum absolute atomic E-state index is 12.4. The minimum atomic E-state index is -0.446. The Kier molecular flexibility index (Phi) is 8.21. The lowest BCUT2D eigenvalue weighted by molar-refractivity contribution is -0.121. The molecule has 0 aromatic heterocycles. The van der Waals surface area contributed by atoms with Gasteiger partial charge in [0.25, 0.3) is 5.91 Å². The van der Waals surface area contributed by atoms with E-state index in [-0.39, 0.29) is 17.4 Å². The van der Waals surface area contributed by atoms with Crippen LogP contribution in [0.3, 0.4) is 0 Å². The lowest BCUT2D eigenvalue weighted by atomic mass is 10.1. The lowest BCUT2D eigenvalue weighted by Gasteiger charge is -2.13. The van der Waals surface area contributed by atoms with E-state index in [4.69, 9.17) is 21.7 Å². The van der Waals surface area contributed by atoms with Crippen molar-refractivity contribution in [3.63, 3.8) is 0 Å². The standard InChI is InChI=1S/C19H21N3O4S/c1-25-11-12-26-16-10-6-5-9-15(16)18(24)20-19(27)22-21-17(23)13-14-7-3-2-4-8-14/h2-10H,11-13H2,1H3,(H,21,23)(H2,20,22,24,27). The second kappa shape index (κ2) is 10.9. The van der Waals surface area contributed by atoms with Gasteiger partial charge in [0.05, 0.1) is 18.6 Å². The number of thiocarbonyl (C=S) groups is 1. The second-order valence-electron chi connectivity index (χ2n) is 5.46. The molecule has 0 radical (unpaired) electrons. The fourth-order valence-electron chi connectivity index (χ4n) is 2.17. The summed E-state index contributed by atoms with van der Waals surface area (Å²) in [5.74, 6) is -0.304. The number of methoxy groups -OCH3 is 1. The highest BCUT2D eigenvalue weighted by Gasteiger charge is 2.14. The van der Waals surface area contributed by atoms with Gasteiger partial charge >= 0.3 is 0 Å². The normalized spacial score (nSPS) is 9.96. The number of nitrogens with one attached hydrogen (secondary N) is 3. The Morgan fingerprint density at radius 1 is 0.963 bits per heavy atom. The highest BCUT2D eigenvalue weighted by atomic mass is 32.1. The highest BCUT2D eigenvalue weighted by Crippen LogP contribution is 2.17. The van der Waals surface area contributed by atoms with Crippen molar-refractivity contribution < 1.29 is 19.1 Å². The molecule has 0 unspecified atom stereocenters. The summed E-state index contributed by atoms with van der Waals surface area (Å²) in [5, 5.41) is 2.48. The smallest absolute Gasteiger partial charge is 0.261 e. The van der Waals surface area contributed by atoms with E-state index in [1.807, 2.05) is 30.3 Å². The van der Waals surface area contributed by atoms with E-state index in [2.05, 4.69) is 16.2 Å². The van der Waals surface area contributed by atoms with Gasteiger partial charge in [-0.25, -0.2) is 0 Å². The topological polar surface area (TPSA) is 88.7 Å².